The van der Waals surface area contributed by atoms with Gasteiger partial charge >= 0.3 is 12.1 Å². The van der Waals surface area contributed by atoms with Gasteiger partial charge in [0.25, 0.3) is 0 Å². The molecule has 4 N–H and O–H groups in total. The van der Waals surface area contributed by atoms with Crippen molar-refractivity contribution in [3.8, 4) is 5.75 Å². The molecule has 150 valence electrons. The second-order valence-electron chi connectivity index (χ2n) is 6.82. The minimum absolute atomic E-state index is 0.0939. The van der Waals surface area contributed by atoms with E-state index in [0.29, 0.717) is 17.0 Å². The van der Waals surface area contributed by atoms with Crippen molar-refractivity contribution < 1.29 is 29.3 Å². The predicted octanol–water partition coefficient (Wildman–Crippen LogP) is 1.91. The molecule has 8 heteroatoms. The van der Waals surface area contributed by atoms with E-state index >= 15 is 0 Å². The zero-order chi connectivity index (χ0) is 20.4. The number of amides is 1. The fourth-order valence-corrected chi connectivity index (χ4v) is 2.16. The summed E-state index contributed by atoms with van der Waals surface area (Å²) in [6.07, 6.45) is 0.490. The maximum Gasteiger partial charge on any atom is 0.407 e. The van der Waals surface area contributed by atoms with Crippen LogP contribution in [0.5, 0.6) is 5.75 Å². The third kappa shape index (κ3) is 8.96. The lowest BCUT2D eigenvalue weighted by molar-refractivity contribution is -0.131. The normalized spacial score (nSPS) is 11.7. The Morgan fingerprint density at radius 3 is 2.44 bits per heavy atom. The maximum absolute atomic E-state index is 11.7. The van der Waals surface area contributed by atoms with Crippen LogP contribution in [0.3, 0.4) is 0 Å². The van der Waals surface area contributed by atoms with Gasteiger partial charge in [-0.2, -0.15) is 0 Å². The Labute approximate surface area is 159 Å². The molecular weight excluding hydrogens is 352 g/mol. The van der Waals surface area contributed by atoms with E-state index in [1.165, 1.54) is 0 Å². The van der Waals surface area contributed by atoms with Crippen molar-refractivity contribution in [3.63, 3.8) is 0 Å². The zero-order valence-electron chi connectivity index (χ0n) is 16.2. The lowest BCUT2D eigenvalue weighted by Gasteiger charge is -2.20. The van der Waals surface area contributed by atoms with Crippen LogP contribution in [0.2, 0.25) is 0 Å². The number of aliphatic hydroxyl groups excluding tert-OH is 1. The van der Waals surface area contributed by atoms with Crippen LogP contribution in [0.1, 0.15) is 31.9 Å². The van der Waals surface area contributed by atoms with Gasteiger partial charge in [0.15, 0.2) is 0 Å². The average Bonchev–Trinajstić information content (AvgIpc) is 2.54. The Morgan fingerprint density at radius 1 is 1.19 bits per heavy atom. The van der Waals surface area contributed by atoms with Gasteiger partial charge in [0.2, 0.25) is 0 Å². The van der Waals surface area contributed by atoms with Crippen molar-refractivity contribution in [2.45, 2.75) is 33.3 Å². The highest BCUT2D eigenvalue weighted by molar-refractivity contribution is 5.90. The monoisotopic (exact) mass is 380 g/mol. The van der Waals surface area contributed by atoms with Crippen LogP contribution in [-0.4, -0.2) is 54.2 Å². The van der Waals surface area contributed by atoms with Gasteiger partial charge in [-0.25, -0.2) is 9.59 Å². The second-order valence-corrected chi connectivity index (χ2v) is 6.82. The molecule has 0 saturated carbocycles. The van der Waals surface area contributed by atoms with E-state index in [9.17, 15) is 9.59 Å². The number of nitrogens with one attached hydrogen (secondary N) is 2. The standard InChI is InChI=1S/C19H28N2O6/c1-13-5-6-16(26-10-9-22)14(11-13)15(12-17(23)24)20-7-8-21-18(25)27-19(2,3)4/h5-6,11-12,20,22H,7-10H2,1-4H3,(H,21,25)(H,23,24). The van der Waals surface area contributed by atoms with Gasteiger partial charge in [0.1, 0.15) is 18.0 Å². The highest BCUT2D eigenvalue weighted by atomic mass is 16.6. The van der Waals surface area contributed by atoms with Crippen molar-refractivity contribution in [2.75, 3.05) is 26.3 Å². The first-order valence-corrected chi connectivity index (χ1v) is 8.62. The summed E-state index contributed by atoms with van der Waals surface area (Å²) < 4.78 is 10.6. The van der Waals surface area contributed by atoms with Crippen LogP contribution in [-0.2, 0) is 9.53 Å². The molecule has 0 fully saturated rings. The van der Waals surface area contributed by atoms with Crippen LogP contribution in [0.4, 0.5) is 4.79 Å². The van der Waals surface area contributed by atoms with Gasteiger partial charge in [0.05, 0.1) is 12.3 Å². The molecule has 1 amide bonds. The number of hydrogen-bond acceptors (Lipinski definition) is 6. The van der Waals surface area contributed by atoms with E-state index in [4.69, 9.17) is 19.7 Å². The fraction of sp³-hybridized carbons (Fsp3) is 0.474. The molecule has 0 aliphatic heterocycles. The number of carboxylic acid groups (broad SMARTS) is 1. The lowest BCUT2D eigenvalue weighted by atomic mass is 10.1. The molecule has 0 heterocycles. The fourth-order valence-electron chi connectivity index (χ4n) is 2.16. The maximum atomic E-state index is 11.7. The van der Waals surface area contributed by atoms with Gasteiger partial charge in [-0.1, -0.05) is 11.6 Å². The van der Waals surface area contributed by atoms with Crippen LogP contribution >= 0.6 is 0 Å². The molecule has 8 nitrogen and oxygen atoms in total. The average molecular weight is 380 g/mol. The van der Waals surface area contributed by atoms with E-state index in [1.54, 1.807) is 32.9 Å². The molecule has 0 aliphatic carbocycles. The van der Waals surface area contributed by atoms with Gasteiger partial charge in [0, 0.05) is 24.7 Å². The smallest absolute Gasteiger partial charge is 0.407 e. The summed E-state index contributed by atoms with van der Waals surface area (Å²) in [7, 11) is 0. The zero-order valence-corrected chi connectivity index (χ0v) is 16.2. The molecule has 1 rings (SSSR count). The minimum atomic E-state index is -1.12. The number of aliphatic carboxylic acids is 1. The molecule has 0 radical (unpaired) electrons. The number of aliphatic hydroxyl groups is 1. The van der Waals surface area contributed by atoms with Gasteiger partial charge < -0.3 is 30.3 Å². The summed E-state index contributed by atoms with van der Waals surface area (Å²) in [5.41, 5.74) is 1.23. The Kier molecular flexibility index (Phi) is 8.61. The summed E-state index contributed by atoms with van der Waals surface area (Å²) in [5.74, 6) is -0.665. The van der Waals surface area contributed by atoms with Crippen LogP contribution in [0.15, 0.2) is 24.3 Å². The van der Waals surface area contributed by atoms with E-state index in [-0.39, 0.29) is 26.3 Å². The van der Waals surface area contributed by atoms with Crippen LogP contribution < -0.4 is 15.4 Å². The summed E-state index contributed by atoms with van der Waals surface area (Å²) in [6, 6.07) is 5.34. The van der Waals surface area contributed by atoms with Gasteiger partial charge in [-0.3, -0.25) is 0 Å². The largest absolute Gasteiger partial charge is 0.490 e. The highest BCUT2D eigenvalue weighted by Crippen LogP contribution is 2.26. The van der Waals surface area contributed by atoms with Crippen molar-refractivity contribution in [2.24, 2.45) is 0 Å². The number of aryl methyl sites for hydroxylation is 1. The molecule has 0 unspecified atom stereocenters. The Balaban J connectivity index is 2.82. The van der Waals surface area contributed by atoms with Crippen molar-refractivity contribution in [3.05, 3.63) is 35.4 Å². The first-order valence-electron chi connectivity index (χ1n) is 8.62. The summed E-state index contributed by atoms with van der Waals surface area (Å²) in [4.78, 5) is 22.9. The topological polar surface area (TPSA) is 117 Å². The van der Waals surface area contributed by atoms with Gasteiger partial charge in [-0.05, 0) is 39.8 Å². The molecule has 1 aromatic rings. The second kappa shape index (κ2) is 10.4. The SMILES string of the molecule is Cc1ccc(OCCO)c(C(=CC(=O)O)NCCNC(=O)OC(C)(C)C)c1. The number of alkyl carbamates (subject to hydrolysis) is 1. The molecule has 0 bridgehead atoms. The summed E-state index contributed by atoms with van der Waals surface area (Å²) >= 11 is 0. The lowest BCUT2D eigenvalue weighted by Crippen LogP contribution is -2.36. The molecule has 0 saturated heterocycles. The minimum Gasteiger partial charge on any atom is -0.490 e. The summed E-state index contributed by atoms with van der Waals surface area (Å²) in [5, 5.41) is 23.7. The number of rotatable bonds is 9. The highest BCUT2D eigenvalue weighted by Gasteiger charge is 2.16. The van der Waals surface area contributed by atoms with Crippen LogP contribution in [0, 0.1) is 6.92 Å². The van der Waals surface area contributed by atoms with E-state index in [1.807, 2.05) is 13.0 Å². The number of carboxylic acids is 1. The summed E-state index contributed by atoms with van der Waals surface area (Å²) in [6.45, 7) is 7.64. The molecule has 0 spiro atoms. The Morgan fingerprint density at radius 2 is 1.85 bits per heavy atom. The van der Waals surface area contributed by atoms with Gasteiger partial charge in [-0.15, -0.1) is 0 Å². The number of hydrogen-bond donors (Lipinski definition) is 4. The quantitative estimate of drug-likeness (QED) is 0.382. The van der Waals surface area contributed by atoms with Crippen molar-refractivity contribution >= 4 is 17.8 Å². The first-order chi connectivity index (χ1) is 12.6. The Bertz CT molecular complexity index is 679. The molecule has 0 aliphatic rings. The molecule has 1 aromatic carbocycles. The molecular formula is C19H28N2O6. The number of carbonyl (C=O) groups excluding carboxylic acids is 1. The third-order valence-corrected chi connectivity index (χ3v) is 3.15. The first kappa shape index (κ1) is 22.3. The number of ether oxygens (including phenoxy) is 2. The number of benzene rings is 1. The molecule has 27 heavy (non-hydrogen) atoms. The Hall–Kier alpha value is -2.74. The molecule has 0 aromatic heterocycles. The van der Waals surface area contributed by atoms with Crippen LogP contribution in [0.25, 0.3) is 5.70 Å². The third-order valence-electron chi connectivity index (χ3n) is 3.15. The van der Waals surface area contributed by atoms with Crippen molar-refractivity contribution in [1.29, 1.82) is 0 Å². The van der Waals surface area contributed by atoms with E-state index in [2.05, 4.69) is 10.6 Å². The predicted molar refractivity (Wildman–Crippen MR) is 102 cm³/mol. The molecule has 0 atom stereocenters. The number of carbonyl (C=O) groups is 2. The van der Waals surface area contributed by atoms with E-state index in [0.717, 1.165) is 11.6 Å². The van der Waals surface area contributed by atoms with Crippen molar-refractivity contribution in [1.82, 2.24) is 10.6 Å². The van der Waals surface area contributed by atoms with E-state index < -0.39 is 17.7 Å².